The maximum Gasteiger partial charge on any atom is 0.261 e. The first-order chi connectivity index (χ1) is 16.4. The zero-order valence-corrected chi connectivity index (χ0v) is 19.8. The zero-order valence-electron chi connectivity index (χ0n) is 18.2. The Morgan fingerprint density at radius 3 is 2.53 bits per heavy atom. The van der Waals surface area contributed by atoms with E-state index in [1.54, 1.807) is 35.2 Å². The lowest BCUT2D eigenvalue weighted by atomic mass is 9.95. The predicted molar refractivity (Wildman–Crippen MR) is 133 cm³/mol. The number of fused-ring (bicyclic) bond motifs is 1. The monoisotopic (exact) mass is 494 g/mol. The lowest BCUT2D eigenvalue weighted by Gasteiger charge is -2.31. The third kappa shape index (κ3) is 4.64. The van der Waals surface area contributed by atoms with Crippen molar-refractivity contribution in [3.8, 4) is 0 Å². The minimum absolute atomic E-state index is 0.0236. The van der Waals surface area contributed by atoms with Crippen LogP contribution >= 0.6 is 11.6 Å². The van der Waals surface area contributed by atoms with E-state index in [4.69, 9.17) is 16.6 Å². The number of hydrogen-bond acceptors (Lipinski definition) is 4. The van der Waals surface area contributed by atoms with E-state index in [0.29, 0.717) is 29.4 Å². The molecule has 174 valence electrons. The number of anilines is 1. The fourth-order valence-corrected chi connectivity index (χ4v) is 5.55. The number of piperidine rings is 1. The van der Waals surface area contributed by atoms with Crippen molar-refractivity contribution in [3.05, 3.63) is 89.2 Å². The predicted octanol–water partition coefficient (Wildman–Crippen LogP) is 5.04. The molecule has 4 aromatic rings. The van der Waals surface area contributed by atoms with Gasteiger partial charge in [-0.05, 0) is 61.4 Å². The molecule has 1 saturated heterocycles. The van der Waals surface area contributed by atoms with Crippen LogP contribution in [0, 0.1) is 0 Å². The van der Waals surface area contributed by atoms with Crippen LogP contribution in [0.3, 0.4) is 0 Å². The number of para-hydroxylation sites is 2. The molecule has 0 bridgehead atoms. The summed E-state index contributed by atoms with van der Waals surface area (Å²) in [6.45, 7) is 1.16. The first kappa shape index (κ1) is 22.4. The molecule has 0 atom stereocenters. The number of rotatable bonds is 5. The quantitative estimate of drug-likeness (QED) is 0.406. The van der Waals surface area contributed by atoms with E-state index >= 15 is 0 Å². The van der Waals surface area contributed by atoms with Gasteiger partial charge in [0.1, 0.15) is 5.82 Å². The van der Waals surface area contributed by atoms with Crippen molar-refractivity contribution in [1.82, 2.24) is 14.9 Å². The number of likely N-dealkylation sites (tertiary alicyclic amines) is 1. The second-order valence-electron chi connectivity index (χ2n) is 8.35. The molecule has 2 heterocycles. The summed E-state index contributed by atoms with van der Waals surface area (Å²) in [6.07, 6.45) is 1.58. The minimum atomic E-state index is -3.87. The zero-order chi connectivity index (χ0) is 23.7. The van der Waals surface area contributed by atoms with Crippen molar-refractivity contribution < 1.29 is 13.2 Å². The van der Waals surface area contributed by atoms with E-state index in [2.05, 4.69) is 9.71 Å². The second-order valence-corrected chi connectivity index (χ2v) is 10.5. The Bertz CT molecular complexity index is 1430. The van der Waals surface area contributed by atoms with Crippen molar-refractivity contribution in [2.45, 2.75) is 23.7 Å². The number of hydrogen-bond donors (Lipinski definition) is 2. The molecule has 34 heavy (non-hydrogen) atoms. The summed E-state index contributed by atoms with van der Waals surface area (Å²) in [5.41, 5.74) is 2.66. The highest BCUT2D eigenvalue weighted by molar-refractivity contribution is 7.92. The second kappa shape index (κ2) is 9.12. The van der Waals surface area contributed by atoms with Crippen LogP contribution in [0.15, 0.2) is 77.7 Å². The van der Waals surface area contributed by atoms with Crippen LogP contribution < -0.4 is 4.72 Å². The van der Waals surface area contributed by atoms with Crippen LogP contribution in [0.1, 0.15) is 34.9 Å². The van der Waals surface area contributed by atoms with Gasteiger partial charge in [0.15, 0.2) is 0 Å². The fourth-order valence-electron chi connectivity index (χ4n) is 4.27. The first-order valence-electron chi connectivity index (χ1n) is 11.0. The average molecular weight is 495 g/mol. The number of carbonyl (C=O) groups excluding carboxylic acids is 1. The summed E-state index contributed by atoms with van der Waals surface area (Å²) in [4.78, 5) is 23.0. The third-order valence-corrected chi connectivity index (χ3v) is 7.66. The van der Waals surface area contributed by atoms with Crippen LogP contribution in [0.5, 0.6) is 0 Å². The molecule has 9 heteroatoms. The van der Waals surface area contributed by atoms with E-state index in [-0.39, 0.29) is 16.7 Å². The van der Waals surface area contributed by atoms with Crippen molar-refractivity contribution >= 4 is 44.3 Å². The number of H-pyrrole nitrogens is 1. The van der Waals surface area contributed by atoms with Crippen LogP contribution in [0.4, 0.5) is 5.69 Å². The number of halogens is 1. The van der Waals surface area contributed by atoms with Crippen LogP contribution in [-0.4, -0.2) is 42.3 Å². The molecular formula is C25H23ClN4O3S. The number of nitrogens with zero attached hydrogens (tertiary/aromatic N) is 2. The van der Waals surface area contributed by atoms with E-state index in [1.807, 2.05) is 24.3 Å². The number of benzene rings is 3. The van der Waals surface area contributed by atoms with E-state index < -0.39 is 10.0 Å². The number of nitrogens with one attached hydrogen (secondary N) is 2. The summed E-state index contributed by atoms with van der Waals surface area (Å²) in [7, 11) is -3.87. The SMILES string of the molecule is O=C(c1cccc(S(=O)(=O)Nc2cccc(Cl)c2)c1)N1CCC(c2nc3ccccc3[nH]2)CC1. The molecule has 1 amide bonds. The highest BCUT2D eigenvalue weighted by Gasteiger charge is 2.27. The molecule has 0 saturated carbocycles. The van der Waals surface area contributed by atoms with Gasteiger partial charge in [-0.25, -0.2) is 13.4 Å². The Hall–Kier alpha value is -3.36. The molecule has 0 spiro atoms. The molecule has 3 aromatic carbocycles. The molecule has 0 aliphatic carbocycles. The number of carbonyl (C=O) groups is 1. The van der Waals surface area contributed by atoms with Crippen molar-refractivity contribution in [2.24, 2.45) is 0 Å². The third-order valence-electron chi connectivity index (χ3n) is 6.04. The van der Waals surface area contributed by atoms with Gasteiger partial charge in [0.05, 0.1) is 21.6 Å². The Morgan fingerprint density at radius 1 is 1.00 bits per heavy atom. The summed E-state index contributed by atoms with van der Waals surface area (Å²) in [6, 6.07) is 20.5. The number of aromatic amines is 1. The average Bonchev–Trinajstić information content (AvgIpc) is 3.28. The van der Waals surface area contributed by atoms with E-state index in [0.717, 1.165) is 29.7 Å². The fraction of sp³-hybridized carbons (Fsp3) is 0.200. The standard InChI is InChI=1S/C25H23ClN4O3S/c26-19-6-4-7-20(16-19)29-34(32,33)21-8-3-5-18(15-21)25(31)30-13-11-17(12-14-30)24-27-22-9-1-2-10-23(22)28-24/h1-10,15-17,29H,11-14H2,(H,27,28). The van der Waals surface area contributed by atoms with Gasteiger partial charge in [0.2, 0.25) is 0 Å². The Kier molecular flexibility index (Phi) is 6.02. The number of aromatic nitrogens is 2. The summed E-state index contributed by atoms with van der Waals surface area (Å²) >= 11 is 5.95. The van der Waals surface area contributed by atoms with Crippen LogP contribution in [0.25, 0.3) is 11.0 Å². The van der Waals surface area contributed by atoms with Gasteiger partial charge in [0.25, 0.3) is 15.9 Å². The molecule has 5 rings (SSSR count). The maximum atomic E-state index is 13.1. The largest absolute Gasteiger partial charge is 0.342 e. The van der Waals surface area contributed by atoms with Gasteiger partial charge < -0.3 is 9.88 Å². The summed E-state index contributed by atoms with van der Waals surface area (Å²) in [5, 5.41) is 0.426. The number of sulfonamides is 1. The number of imidazole rings is 1. The number of amides is 1. The van der Waals surface area contributed by atoms with Gasteiger partial charge in [-0.1, -0.05) is 35.9 Å². The molecule has 1 aliphatic rings. The topological polar surface area (TPSA) is 95.2 Å². The molecular weight excluding hydrogens is 472 g/mol. The van der Waals surface area contributed by atoms with Gasteiger partial charge >= 0.3 is 0 Å². The molecule has 1 aromatic heterocycles. The van der Waals surface area contributed by atoms with Gasteiger partial charge in [0, 0.05) is 29.6 Å². The van der Waals surface area contributed by atoms with Crippen molar-refractivity contribution in [2.75, 3.05) is 17.8 Å². The molecule has 2 N–H and O–H groups in total. The lowest BCUT2D eigenvalue weighted by Crippen LogP contribution is -2.38. The van der Waals surface area contributed by atoms with Crippen molar-refractivity contribution in [1.29, 1.82) is 0 Å². The first-order valence-corrected chi connectivity index (χ1v) is 12.9. The normalized spacial score (nSPS) is 14.9. The van der Waals surface area contributed by atoms with Crippen molar-refractivity contribution in [3.63, 3.8) is 0 Å². The van der Waals surface area contributed by atoms with E-state index in [9.17, 15) is 13.2 Å². The van der Waals surface area contributed by atoms with Gasteiger partial charge in [-0.15, -0.1) is 0 Å². The maximum absolute atomic E-state index is 13.1. The minimum Gasteiger partial charge on any atom is -0.342 e. The van der Waals surface area contributed by atoms with E-state index in [1.165, 1.54) is 18.2 Å². The molecule has 1 fully saturated rings. The van der Waals surface area contributed by atoms with Crippen LogP contribution in [-0.2, 0) is 10.0 Å². The van der Waals surface area contributed by atoms with Crippen LogP contribution in [0.2, 0.25) is 5.02 Å². The molecule has 1 aliphatic heterocycles. The lowest BCUT2D eigenvalue weighted by molar-refractivity contribution is 0.0711. The summed E-state index contributed by atoms with van der Waals surface area (Å²) in [5.74, 6) is 1.03. The summed E-state index contributed by atoms with van der Waals surface area (Å²) < 4.78 is 28.2. The Labute approximate surface area is 202 Å². The molecule has 0 radical (unpaired) electrons. The van der Waals surface area contributed by atoms with Gasteiger partial charge in [-0.3, -0.25) is 9.52 Å². The molecule has 7 nitrogen and oxygen atoms in total. The Morgan fingerprint density at radius 2 is 1.76 bits per heavy atom. The Balaban J connectivity index is 1.27. The van der Waals surface area contributed by atoms with Gasteiger partial charge in [-0.2, -0.15) is 0 Å². The highest BCUT2D eigenvalue weighted by Crippen LogP contribution is 2.29. The molecule has 0 unspecified atom stereocenters. The smallest absolute Gasteiger partial charge is 0.261 e. The highest BCUT2D eigenvalue weighted by atomic mass is 35.5.